The number of carbonyl (C=O) groups excluding carboxylic acids is 2. The van der Waals surface area contributed by atoms with Gasteiger partial charge in [0, 0.05) is 6.54 Å². The lowest BCUT2D eigenvalue weighted by Crippen LogP contribution is -2.48. The van der Waals surface area contributed by atoms with Gasteiger partial charge >= 0.3 is 5.97 Å². The largest absolute Gasteiger partial charge is 0.466 e. The molecule has 25 heavy (non-hydrogen) atoms. The third-order valence-corrected chi connectivity index (χ3v) is 5.30. The number of hydrogen-bond acceptors (Lipinski definition) is 4. The fourth-order valence-electron chi connectivity index (χ4n) is 2.83. The molecule has 1 aliphatic heterocycles. The van der Waals surface area contributed by atoms with E-state index in [2.05, 4.69) is 5.32 Å². The van der Waals surface area contributed by atoms with Gasteiger partial charge in [-0.1, -0.05) is 34.8 Å². The lowest BCUT2D eigenvalue weighted by Gasteiger charge is -2.35. The molecular weight excluding hydrogens is 387 g/mol. The summed E-state index contributed by atoms with van der Waals surface area (Å²) in [5.74, 6) is -0.616. The topological polar surface area (TPSA) is 58.6 Å². The SMILES string of the molecule is CCOC(=O)[C@@H]1CCCN([C@@H](C)C(=O)Nc2cc(Cl)c(Cl)cc2Cl)C1. The van der Waals surface area contributed by atoms with Gasteiger partial charge in [-0.15, -0.1) is 0 Å². The van der Waals surface area contributed by atoms with E-state index < -0.39 is 6.04 Å². The highest BCUT2D eigenvalue weighted by atomic mass is 35.5. The molecule has 1 fully saturated rings. The van der Waals surface area contributed by atoms with Gasteiger partial charge in [0.15, 0.2) is 0 Å². The first-order valence-electron chi connectivity index (χ1n) is 8.19. The van der Waals surface area contributed by atoms with Crippen LogP contribution in [0.25, 0.3) is 0 Å². The van der Waals surface area contributed by atoms with Gasteiger partial charge in [0.2, 0.25) is 5.91 Å². The maximum absolute atomic E-state index is 12.6. The Morgan fingerprint density at radius 1 is 1.28 bits per heavy atom. The van der Waals surface area contributed by atoms with Crippen molar-refractivity contribution >= 4 is 52.4 Å². The van der Waals surface area contributed by atoms with Crippen LogP contribution in [-0.2, 0) is 14.3 Å². The smallest absolute Gasteiger partial charge is 0.310 e. The number of ether oxygens (including phenoxy) is 1. The van der Waals surface area contributed by atoms with Crippen molar-refractivity contribution in [1.82, 2.24) is 4.90 Å². The molecule has 1 aromatic carbocycles. The molecule has 0 unspecified atom stereocenters. The zero-order chi connectivity index (χ0) is 18.6. The molecule has 1 N–H and O–H groups in total. The molecule has 8 heteroatoms. The molecule has 2 atom stereocenters. The summed E-state index contributed by atoms with van der Waals surface area (Å²) in [6.45, 7) is 5.20. The van der Waals surface area contributed by atoms with Crippen molar-refractivity contribution < 1.29 is 14.3 Å². The molecule has 0 radical (unpaired) electrons. The number of benzene rings is 1. The number of rotatable bonds is 5. The third kappa shape index (κ3) is 5.23. The van der Waals surface area contributed by atoms with Crippen molar-refractivity contribution in [3.05, 3.63) is 27.2 Å². The molecule has 1 saturated heterocycles. The standard InChI is InChI=1S/C17H21Cl3N2O3/c1-3-25-17(24)11-5-4-6-22(9-11)10(2)16(23)21-15-8-13(19)12(18)7-14(15)20/h7-8,10-11H,3-6,9H2,1-2H3,(H,21,23)/t10-,11+/m0/s1. The molecule has 1 amide bonds. The molecule has 0 aliphatic carbocycles. The van der Waals surface area contributed by atoms with Crippen LogP contribution >= 0.6 is 34.8 Å². The van der Waals surface area contributed by atoms with E-state index in [-0.39, 0.29) is 17.8 Å². The van der Waals surface area contributed by atoms with Crippen molar-refractivity contribution in [1.29, 1.82) is 0 Å². The molecule has 0 bridgehead atoms. The van der Waals surface area contributed by atoms with Gasteiger partial charge in [-0.05, 0) is 45.4 Å². The number of halogens is 3. The van der Waals surface area contributed by atoms with Gasteiger partial charge < -0.3 is 10.1 Å². The Morgan fingerprint density at radius 2 is 1.96 bits per heavy atom. The number of hydrogen-bond donors (Lipinski definition) is 1. The maximum atomic E-state index is 12.6. The number of piperidine rings is 1. The van der Waals surface area contributed by atoms with Crippen LogP contribution in [0.15, 0.2) is 12.1 Å². The molecule has 0 saturated carbocycles. The van der Waals surface area contributed by atoms with E-state index in [0.29, 0.717) is 33.9 Å². The Balaban J connectivity index is 2.02. The first-order chi connectivity index (χ1) is 11.8. The zero-order valence-corrected chi connectivity index (χ0v) is 16.4. The summed E-state index contributed by atoms with van der Waals surface area (Å²) in [7, 11) is 0. The first-order valence-corrected chi connectivity index (χ1v) is 9.33. The molecular formula is C17H21Cl3N2O3. The number of nitrogens with zero attached hydrogens (tertiary/aromatic N) is 1. The van der Waals surface area contributed by atoms with E-state index >= 15 is 0 Å². The minimum Gasteiger partial charge on any atom is -0.466 e. The summed E-state index contributed by atoms with van der Waals surface area (Å²) < 4.78 is 5.09. The summed E-state index contributed by atoms with van der Waals surface area (Å²) >= 11 is 18.0. The second kappa shape index (κ2) is 9.08. The summed E-state index contributed by atoms with van der Waals surface area (Å²) in [4.78, 5) is 26.5. The van der Waals surface area contributed by atoms with Gasteiger partial charge in [0.05, 0.1) is 39.3 Å². The van der Waals surface area contributed by atoms with Crippen LogP contribution in [-0.4, -0.2) is 42.5 Å². The quantitative estimate of drug-likeness (QED) is 0.585. The maximum Gasteiger partial charge on any atom is 0.310 e. The third-order valence-electron chi connectivity index (χ3n) is 4.27. The molecule has 1 aliphatic rings. The number of esters is 1. The van der Waals surface area contributed by atoms with Gasteiger partial charge in [-0.25, -0.2) is 0 Å². The minimum absolute atomic E-state index is 0.197. The molecule has 0 spiro atoms. The minimum atomic E-state index is -0.414. The van der Waals surface area contributed by atoms with E-state index in [4.69, 9.17) is 39.5 Å². The number of nitrogens with one attached hydrogen (secondary N) is 1. The van der Waals surface area contributed by atoms with Crippen LogP contribution in [0.1, 0.15) is 26.7 Å². The van der Waals surface area contributed by atoms with E-state index in [1.807, 2.05) is 4.90 Å². The van der Waals surface area contributed by atoms with Crippen LogP contribution in [0.3, 0.4) is 0 Å². The zero-order valence-electron chi connectivity index (χ0n) is 14.2. The van der Waals surface area contributed by atoms with Crippen LogP contribution in [0.2, 0.25) is 15.1 Å². The Kier molecular flexibility index (Phi) is 7.37. The molecule has 138 valence electrons. The fourth-order valence-corrected chi connectivity index (χ4v) is 3.43. The summed E-state index contributed by atoms with van der Waals surface area (Å²) in [6.07, 6.45) is 1.62. The Hall–Kier alpha value is -1.01. The molecule has 1 aromatic rings. The van der Waals surface area contributed by atoms with Gasteiger partial charge in [0.25, 0.3) is 0 Å². The average Bonchev–Trinajstić information content (AvgIpc) is 2.59. The van der Waals surface area contributed by atoms with Crippen molar-refractivity contribution in [2.75, 3.05) is 25.0 Å². The number of anilines is 1. The molecule has 1 heterocycles. The predicted octanol–water partition coefficient (Wildman–Crippen LogP) is 4.25. The fraction of sp³-hybridized carbons (Fsp3) is 0.529. The van der Waals surface area contributed by atoms with Gasteiger partial charge in [0.1, 0.15) is 0 Å². The normalized spacial score (nSPS) is 19.3. The number of likely N-dealkylation sites (tertiary alicyclic amines) is 1. The van der Waals surface area contributed by atoms with Crippen LogP contribution in [0.5, 0.6) is 0 Å². The van der Waals surface area contributed by atoms with Gasteiger partial charge in [-0.2, -0.15) is 0 Å². The first kappa shape index (κ1) is 20.3. The van der Waals surface area contributed by atoms with Crippen molar-refractivity contribution in [2.24, 2.45) is 5.92 Å². The summed E-state index contributed by atoms with van der Waals surface area (Å²) in [5, 5.41) is 3.73. The molecule has 0 aromatic heterocycles. The lowest BCUT2D eigenvalue weighted by atomic mass is 9.97. The highest BCUT2D eigenvalue weighted by molar-refractivity contribution is 6.44. The van der Waals surface area contributed by atoms with E-state index in [1.165, 1.54) is 12.1 Å². The highest BCUT2D eigenvalue weighted by Crippen LogP contribution is 2.32. The number of amides is 1. The van der Waals surface area contributed by atoms with E-state index in [1.54, 1.807) is 13.8 Å². The summed E-state index contributed by atoms with van der Waals surface area (Å²) in [5.41, 5.74) is 0.409. The van der Waals surface area contributed by atoms with Crippen LogP contribution in [0, 0.1) is 5.92 Å². The average molecular weight is 408 g/mol. The Morgan fingerprint density at radius 3 is 2.64 bits per heavy atom. The van der Waals surface area contributed by atoms with Crippen molar-refractivity contribution in [3.8, 4) is 0 Å². The second-order valence-electron chi connectivity index (χ2n) is 6.00. The second-order valence-corrected chi connectivity index (χ2v) is 7.22. The Labute approximate surface area is 162 Å². The predicted molar refractivity (Wildman–Crippen MR) is 100 cm³/mol. The van der Waals surface area contributed by atoms with E-state index in [9.17, 15) is 9.59 Å². The summed E-state index contributed by atoms with van der Waals surface area (Å²) in [6, 6.07) is 2.60. The Bertz CT molecular complexity index is 654. The molecule has 2 rings (SSSR count). The van der Waals surface area contributed by atoms with E-state index in [0.717, 1.165) is 19.4 Å². The van der Waals surface area contributed by atoms with Crippen LogP contribution in [0.4, 0.5) is 5.69 Å². The lowest BCUT2D eigenvalue weighted by molar-refractivity contribution is -0.150. The highest BCUT2D eigenvalue weighted by Gasteiger charge is 2.31. The molecule has 5 nitrogen and oxygen atoms in total. The monoisotopic (exact) mass is 406 g/mol. The van der Waals surface area contributed by atoms with Crippen LogP contribution < -0.4 is 5.32 Å². The van der Waals surface area contributed by atoms with Gasteiger partial charge in [-0.3, -0.25) is 14.5 Å². The van der Waals surface area contributed by atoms with Crippen molar-refractivity contribution in [3.63, 3.8) is 0 Å². The number of carbonyl (C=O) groups is 2. The van der Waals surface area contributed by atoms with Crippen molar-refractivity contribution in [2.45, 2.75) is 32.7 Å².